The molecule has 0 saturated carbocycles. The predicted octanol–water partition coefficient (Wildman–Crippen LogP) is 4.55. The van der Waals surface area contributed by atoms with Crippen molar-refractivity contribution in [2.45, 2.75) is 65.6 Å². The quantitative estimate of drug-likeness (QED) is 0.693. The number of hydrogen-bond donors (Lipinski definition) is 0. The highest BCUT2D eigenvalue weighted by atomic mass is 32.2. The highest BCUT2D eigenvalue weighted by molar-refractivity contribution is 7.96. The van der Waals surface area contributed by atoms with Crippen molar-refractivity contribution in [1.29, 1.82) is 0 Å². The van der Waals surface area contributed by atoms with E-state index in [0.29, 0.717) is 17.7 Å². The smallest absolute Gasteiger partial charge is 0.177 e. The molecule has 0 N–H and O–H groups in total. The Morgan fingerprint density at radius 3 is 2.37 bits per heavy atom. The summed E-state index contributed by atoms with van der Waals surface area (Å²) in [6.45, 7) is 10.0. The van der Waals surface area contributed by atoms with E-state index in [4.69, 9.17) is 0 Å². The van der Waals surface area contributed by atoms with E-state index in [1.807, 2.05) is 6.92 Å². The molecule has 1 rings (SSSR count). The van der Waals surface area contributed by atoms with Crippen LogP contribution in [-0.2, 0) is 9.84 Å². The van der Waals surface area contributed by atoms with Crippen LogP contribution in [0.3, 0.4) is 0 Å². The van der Waals surface area contributed by atoms with Crippen LogP contribution in [0.4, 0.5) is 0 Å². The highest BCUT2D eigenvalue weighted by Crippen LogP contribution is 2.33. The second-order valence-electron chi connectivity index (χ2n) is 5.84. The Labute approximate surface area is 118 Å². The van der Waals surface area contributed by atoms with E-state index in [0.717, 1.165) is 18.4 Å². The van der Waals surface area contributed by atoms with Gasteiger partial charge in [-0.3, -0.25) is 0 Å². The summed E-state index contributed by atoms with van der Waals surface area (Å²) in [6, 6.07) is 0. The molecule has 1 unspecified atom stereocenters. The SMILES string of the molecule is CC(C)=CCC/C(C)=C/CC1=C(C)CC(C)S1(=O)=O. The second-order valence-corrected chi connectivity index (χ2v) is 8.23. The van der Waals surface area contributed by atoms with Gasteiger partial charge in [0.05, 0.1) is 5.25 Å². The van der Waals surface area contributed by atoms with Crippen molar-refractivity contribution in [3.8, 4) is 0 Å². The van der Waals surface area contributed by atoms with E-state index in [1.165, 1.54) is 11.1 Å². The fourth-order valence-electron chi connectivity index (χ4n) is 2.39. The van der Waals surface area contributed by atoms with E-state index >= 15 is 0 Å². The molecule has 0 aromatic carbocycles. The Balaban J connectivity index is 2.66. The van der Waals surface area contributed by atoms with Gasteiger partial charge < -0.3 is 0 Å². The van der Waals surface area contributed by atoms with Crippen LogP contribution >= 0.6 is 0 Å². The molecule has 108 valence electrons. The Morgan fingerprint density at radius 1 is 1.26 bits per heavy atom. The predicted molar refractivity (Wildman–Crippen MR) is 82.7 cm³/mol. The topological polar surface area (TPSA) is 34.1 Å². The monoisotopic (exact) mass is 282 g/mol. The van der Waals surface area contributed by atoms with Gasteiger partial charge in [-0.25, -0.2) is 8.42 Å². The largest absolute Gasteiger partial charge is 0.224 e. The van der Waals surface area contributed by atoms with Gasteiger partial charge in [0, 0.05) is 11.3 Å². The Morgan fingerprint density at radius 2 is 1.89 bits per heavy atom. The maximum Gasteiger partial charge on any atom is 0.177 e. The van der Waals surface area contributed by atoms with Gasteiger partial charge in [-0.05, 0) is 53.9 Å². The summed E-state index contributed by atoms with van der Waals surface area (Å²) >= 11 is 0. The highest BCUT2D eigenvalue weighted by Gasteiger charge is 2.33. The average Bonchev–Trinajstić information content (AvgIpc) is 2.46. The molecule has 0 spiro atoms. The lowest BCUT2D eigenvalue weighted by Crippen LogP contribution is -2.12. The molecule has 0 amide bonds. The maximum absolute atomic E-state index is 12.1. The lowest BCUT2D eigenvalue weighted by Gasteiger charge is -2.05. The van der Waals surface area contributed by atoms with Gasteiger partial charge in [0.2, 0.25) is 0 Å². The maximum atomic E-state index is 12.1. The summed E-state index contributed by atoms with van der Waals surface area (Å²) in [5.74, 6) is 0. The zero-order chi connectivity index (χ0) is 14.6. The second kappa shape index (κ2) is 6.56. The Kier molecular flexibility index (Phi) is 5.60. The van der Waals surface area contributed by atoms with Gasteiger partial charge in [0.1, 0.15) is 0 Å². The summed E-state index contributed by atoms with van der Waals surface area (Å²) in [5, 5.41) is -0.234. The number of allylic oxidation sites excluding steroid dienone is 6. The van der Waals surface area contributed by atoms with E-state index in [9.17, 15) is 8.42 Å². The van der Waals surface area contributed by atoms with Crippen molar-refractivity contribution in [3.63, 3.8) is 0 Å². The minimum absolute atomic E-state index is 0.234. The summed E-state index contributed by atoms with van der Waals surface area (Å²) in [7, 11) is -3.02. The van der Waals surface area contributed by atoms with Gasteiger partial charge >= 0.3 is 0 Å². The van der Waals surface area contributed by atoms with Crippen LogP contribution in [-0.4, -0.2) is 13.7 Å². The number of sulfone groups is 1. The number of rotatable bonds is 5. The molecule has 0 radical (unpaired) electrons. The van der Waals surface area contributed by atoms with Gasteiger partial charge in [-0.15, -0.1) is 0 Å². The summed E-state index contributed by atoms with van der Waals surface area (Å²) in [6.07, 6.45) is 7.60. The van der Waals surface area contributed by atoms with E-state index in [1.54, 1.807) is 6.92 Å². The molecule has 0 fully saturated rings. The molecule has 0 bridgehead atoms. The van der Waals surface area contributed by atoms with E-state index in [2.05, 4.69) is 32.9 Å². The minimum atomic E-state index is -3.02. The van der Waals surface area contributed by atoms with Crippen LogP contribution in [0.25, 0.3) is 0 Å². The molecule has 1 heterocycles. The zero-order valence-corrected chi connectivity index (χ0v) is 13.6. The van der Waals surface area contributed by atoms with Gasteiger partial charge in [0.25, 0.3) is 0 Å². The molecule has 0 aliphatic carbocycles. The van der Waals surface area contributed by atoms with E-state index < -0.39 is 9.84 Å². The fourth-order valence-corrected chi connectivity index (χ4v) is 4.23. The van der Waals surface area contributed by atoms with Crippen LogP contribution in [0.15, 0.2) is 33.8 Å². The lowest BCUT2D eigenvalue weighted by molar-refractivity contribution is 0.593. The van der Waals surface area contributed by atoms with Crippen LogP contribution in [0.5, 0.6) is 0 Å². The normalized spacial score (nSPS) is 22.8. The zero-order valence-electron chi connectivity index (χ0n) is 12.8. The molecule has 3 heteroatoms. The fraction of sp³-hybridized carbons (Fsp3) is 0.625. The van der Waals surface area contributed by atoms with Gasteiger partial charge in [-0.1, -0.05) is 28.9 Å². The summed E-state index contributed by atoms with van der Waals surface area (Å²) in [5.41, 5.74) is 3.65. The molecule has 0 aromatic rings. The molecule has 0 saturated heterocycles. The first-order valence-electron chi connectivity index (χ1n) is 6.96. The van der Waals surface area contributed by atoms with Crippen LogP contribution in [0, 0.1) is 0 Å². The first kappa shape index (κ1) is 16.2. The van der Waals surface area contributed by atoms with E-state index in [-0.39, 0.29) is 5.25 Å². The standard InChI is InChI=1S/C16H26O2S/c1-12(2)7-6-8-13(3)9-10-16-14(4)11-15(5)19(16,17)18/h7,9,15H,6,8,10-11H2,1-5H3/b13-9+. The van der Waals surface area contributed by atoms with Crippen molar-refractivity contribution in [2.24, 2.45) is 0 Å². The molecule has 1 aliphatic rings. The molecular formula is C16H26O2S. The minimum Gasteiger partial charge on any atom is -0.224 e. The third-order valence-corrected chi connectivity index (χ3v) is 6.10. The molecule has 2 nitrogen and oxygen atoms in total. The van der Waals surface area contributed by atoms with Crippen molar-refractivity contribution < 1.29 is 8.42 Å². The lowest BCUT2D eigenvalue weighted by atomic mass is 10.1. The van der Waals surface area contributed by atoms with Crippen molar-refractivity contribution in [3.05, 3.63) is 33.8 Å². The van der Waals surface area contributed by atoms with Crippen molar-refractivity contribution >= 4 is 9.84 Å². The third kappa shape index (κ3) is 4.34. The van der Waals surface area contributed by atoms with Crippen LogP contribution in [0.2, 0.25) is 0 Å². The Bertz CT molecular complexity index is 515. The summed E-state index contributed by atoms with van der Waals surface area (Å²) < 4.78 is 24.2. The molecule has 1 aliphatic heterocycles. The first-order chi connectivity index (χ1) is 8.75. The van der Waals surface area contributed by atoms with Crippen LogP contribution < -0.4 is 0 Å². The average molecular weight is 282 g/mol. The van der Waals surface area contributed by atoms with Gasteiger partial charge in [0.15, 0.2) is 9.84 Å². The van der Waals surface area contributed by atoms with Crippen molar-refractivity contribution in [1.82, 2.24) is 0 Å². The molecule has 1 atom stereocenters. The Hall–Kier alpha value is -0.830. The summed E-state index contributed by atoms with van der Waals surface area (Å²) in [4.78, 5) is 0.654. The first-order valence-corrected chi connectivity index (χ1v) is 8.51. The third-order valence-electron chi connectivity index (χ3n) is 3.67. The van der Waals surface area contributed by atoms with Gasteiger partial charge in [-0.2, -0.15) is 0 Å². The molecule has 19 heavy (non-hydrogen) atoms. The van der Waals surface area contributed by atoms with Crippen molar-refractivity contribution in [2.75, 3.05) is 0 Å². The van der Waals surface area contributed by atoms with Crippen LogP contribution in [0.1, 0.15) is 60.3 Å². The molecule has 0 aromatic heterocycles. The number of hydrogen-bond acceptors (Lipinski definition) is 2. The molecular weight excluding hydrogens is 256 g/mol.